The summed E-state index contributed by atoms with van der Waals surface area (Å²) in [6.45, 7) is 1.96. The minimum Gasteiger partial charge on any atom is -0.361 e. The Morgan fingerprint density at radius 3 is 2.55 bits per heavy atom. The summed E-state index contributed by atoms with van der Waals surface area (Å²) >= 11 is 5.66. The minimum atomic E-state index is -0.475. The zero-order chi connectivity index (χ0) is 14.5. The maximum atomic E-state index is 13.0. The molecule has 0 saturated heterocycles. The summed E-state index contributed by atoms with van der Waals surface area (Å²) in [5.74, 6) is -0.581. The van der Waals surface area contributed by atoms with Gasteiger partial charge in [-0.1, -0.05) is 41.4 Å². The van der Waals surface area contributed by atoms with E-state index in [1.54, 1.807) is 18.2 Å². The average Bonchev–Trinajstić information content (AvgIpc) is 2.43. The Morgan fingerprint density at radius 2 is 1.90 bits per heavy atom. The number of allylic oxidation sites excluding steroid dienone is 1. The third kappa shape index (κ3) is 3.68. The molecule has 0 heterocycles. The van der Waals surface area contributed by atoms with Gasteiger partial charge in [-0.2, -0.15) is 0 Å². The summed E-state index contributed by atoms with van der Waals surface area (Å²) in [4.78, 5) is 11.9. The summed E-state index contributed by atoms with van der Waals surface area (Å²) in [6, 6.07) is 11.6. The lowest BCUT2D eigenvalue weighted by atomic mass is 10.1. The third-order valence-corrected chi connectivity index (χ3v) is 3.03. The van der Waals surface area contributed by atoms with Crippen molar-refractivity contribution in [1.82, 2.24) is 0 Å². The molecule has 2 nitrogen and oxygen atoms in total. The molecule has 0 aliphatic carbocycles. The molecule has 4 heteroatoms. The Kier molecular flexibility index (Phi) is 4.53. The number of rotatable bonds is 4. The van der Waals surface area contributed by atoms with Gasteiger partial charge in [-0.3, -0.25) is 4.79 Å². The fourth-order valence-electron chi connectivity index (χ4n) is 1.61. The predicted octanol–water partition coefficient (Wildman–Crippen LogP) is 4.60. The Balaban J connectivity index is 2.00. The summed E-state index contributed by atoms with van der Waals surface area (Å²) in [5, 5.41) is 2.91. The van der Waals surface area contributed by atoms with Crippen molar-refractivity contribution in [3.05, 3.63) is 76.7 Å². The number of aryl methyl sites for hydroxylation is 1. The molecule has 2 aromatic rings. The van der Waals surface area contributed by atoms with Crippen LogP contribution in [0.25, 0.3) is 0 Å². The Hall–Kier alpha value is -2.13. The second kappa shape index (κ2) is 6.35. The van der Waals surface area contributed by atoms with E-state index in [2.05, 4.69) is 5.32 Å². The lowest BCUT2D eigenvalue weighted by Crippen LogP contribution is -1.96. The van der Waals surface area contributed by atoms with Crippen LogP contribution >= 0.6 is 11.6 Å². The van der Waals surface area contributed by atoms with E-state index in [-0.39, 0.29) is 10.8 Å². The number of anilines is 1. The van der Waals surface area contributed by atoms with E-state index in [4.69, 9.17) is 11.6 Å². The molecule has 0 unspecified atom stereocenters. The minimum absolute atomic E-state index is 0.0354. The number of hydrogen-bond acceptors (Lipinski definition) is 2. The van der Waals surface area contributed by atoms with Gasteiger partial charge < -0.3 is 5.32 Å². The maximum absolute atomic E-state index is 13.0. The highest BCUT2D eigenvalue weighted by molar-refractivity contribution is 6.31. The van der Waals surface area contributed by atoms with Crippen molar-refractivity contribution in [3.63, 3.8) is 0 Å². The van der Waals surface area contributed by atoms with Crippen molar-refractivity contribution in [2.45, 2.75) is 6.92 Å². The monoisotopic (exact) mass is 289 g/mol. The van der Waals surface area contributed by atoms with E-state index < -0.39 is 5.82 Å². The molecule has 0 saturated carbocycles. The predicted molar refractivity (Wildman–Crippen MR) is 79.7 cm³/mol. The Labute approximate surface area is 121 Å². The molecular weight excluding hydrogens is 277 g/mol. The van der Waals surface area contributed by atoms with Gasteiger partial charge in [0.05, 0.1) is 5.02 Å². The van der Waals surface area contributed by atoms with Crippen molar-refractivity contribution < 1.29 is 9.18 Å². The first-order valence-corrected chi connectivity index (χ1v) is 6.43. The molecule has 0 radical (unpaired) electrons. The van der Waals surface area contributed by atoms with Gasteiger partial charge in [0.25, 0.3) is 0 Å². The normalized spacial score (nSPS) is 10.8. The van der Waals surface area contributed by atoms with E-state index in [1.165, 1.54) is 24.4 Å². The standard InChI is InChI=1S/C16H13ClFNO/c1-11-2-4-12(5-3-11)16(20)8-9-19-13-6-7-15(18)14(17)10-13/h2-10,19H,1H3/b9-8+. The van der Waals surface area contributed by atoms with E-state index in [1.807, 2.05) is 19.1 Å². The Morgan fingerprint density at radius 1 is 1.20 bits per heavy atom. The van der Waals surface area contributed by atoms with E-state index >= 15 is 0 Å². The van der Waals surface area contributed by atoms with Crippen molar-refractivity contribution in [2.24, 2.45) is 0 Å². The van der Waals surface area contributed by atoms with Crippen LogP contribution < -0.4 is 5.32 Å². The van der Waals surface area contributed by atoms with Crippen molar-refractivity contribution >= 4 is 23.1 Å². The number of carbonyl (C=O) groups is 1. The molecule has 1 N–H and O–H groups in total. The van der Waals surface area contributed by atoms with E-state index in [0.29, 0.717) is 11.3 Å². The summed E-state index contributed by atoms with van der Waals surface area (Å²) < 4.78 is 13.0. The van der Waals surface area contributed by atoms with Gasteiger partial charge in [0.2, 0.25) is 0 Å². The molecule has 0 aliphatic rings. The molecular formula is C16H13ClFNO. The summed E-state index contributed by atoms with van der Waals surface area (Å²) in [6.07, 6.45) is 2.92. The average molecular weight is 290 g/mol. The number of ketones is 1. The van der Waals surface area contributed by atoms with Gasteiger partial charge in [0, 0.05) is 23.5 Å². The molecule has 2 aromatic carbocycles. The smallest absolute Gasteiger partial charge is 0.187 e. The van der Waals surface area contributed by atoms with Gasteiger partial charge >= 0.3 is 0 Å². The molecule has 0 fully saturated rings. The first-order valence-electron chi connectivity index (χ1n) is 6.05. The van der Waals surface area contributed by atoms with Gasteiger partial charge in [0.15, 0.2) is 5.78 Å². The quantitative estimate of drug-likeness (QED) is 0.658. The van der Waals surface area contributed by atoms with E-state index in [9.17, 15) is 9.18 Å². The fourth-order valence-corrected chi connectivity index (χ4v) is 1.79. The van der Waals surface area contributed by atoms with Gasteiger partial charge in [-0.05, 0) is 25.1 Å². The van der Waals surface area contributed by atoms with Crippen molar-refractivity contribution in [1.29, 1.82) is 0 Å². The first-order chi connectivity index (χ1) is 9.56. The zero-order valence-electron chi connectivity index (χ0n) is 10.9. The highest BCUT2D eigenvalue weighted by Gasteiger charge is 2.01. The molecule has 0 spiro atoms. The maximum Gasteiger partial charge on any atom is 0.187 e. The third-order valence-electron chi connectivity index (χ3n) is 2.74. The van der Waals surface area contributed by atoms with Crippen LogP contribution in [0, 0.1) is 12.7 Å². The lowest BCUT2D eigenvalue weighted by Gasteiger charge is -2.02. The van der Waals surface area contributed by atoms with Crippen molar-refractivity contribution in [2.75, 3.05) is 5.32 Å². The van der Waals surface area contributed by atoms with Crippen LogP contribution in [0.15, 0.2) is 54.7 Å². The molecule has 0 bridgehead atoms. The lowest BCUT2D eigenvalue weighted by molar-refractivity contribution is 0.104. The molecule has 2 rings (SSSR count). The first kappa shape index (κ1) is 14.3. The largest absolute Gasteiger partial charge is 0.361 e. The molecule has 0 amide bonds. The topological polar surface area (TPSA) is 29.1 Å². The second-order valence-electron chi connectivity index (χ2n) is 4.34. The van der Waals surface area contributed by atoms with Gasteiger partial charge in [-0.15, -0.1) is 0 Å². The Bertz CT molecular complexity index is 650. The van der Waals surface area contributed by atoms with Gasteiger partial charge in [-0.25, -0.2) is 4.39 Å². The highest BCUT2D eigenvalue weighted by Crippen LogP contribution is 2.19. The van der Waals surface area contributed by atoms with Crippen LogP contribution in [-0.4, -0.2) is 5.78 Å². The SMILES string of the molecule is Cc1ccc(C(=O)/C=C/Nc2ccc(F)c(Cl)c2)cc1. The second-order valence-corrected chi connectivity index (χ2v) is 4.74. The van der Waals surface area contributed by atoms with E-state index in [0.717, 1.165) is 5.56 Å². The molecule has 0 atom stereocenters. The highest BCUT2D eigenvalue weighted by atomic mass is 35.5. The van der Waals surface area contributed by atoms with Crippen LogP contribution in [-0.2, 0) is 0 Å². The number of nitrogens with one attached hydrogen (secondary N) is 1. The van der Waals surface area contributed by atoms with Crippen LogP contribution in [0.1, 0.15) is 15.9 Å². The number of carbonyl (C=O) groups excluding carboxylic acids is 1. The number of hydrogen-bond donors (Lipinski definition) is 1. The molecule has 0 aliphatic heterocycles. The molecule has 102 valence electrons. The van der Waals surface area contributed by atoms with Gasteiger partial charge in [0.1, 0.15) is 5.82 Å². The number of benzene rings is 2. The number of halogens is 2. The molecule has 0 aromatic heterocycles. The zero-order valence-corrected chi connectivity index (χ0v) is 11.6. The van der Waals surface area contributed by atoms with Crippen LogP contribution in [0.2, 0.25) is 5.02 Å². The summed E-state index contributed by atoms with van der Waals surface area (Å²) in [7, 11) is 0. The van der Waals surface area contributed by atoms with Crippen molar-refractivity contribution in [3.8, 4) is 0 Å². The van der Waals surface area contributed by atoms with Crippen LogP contribution in [0.3, 0.4) is 0 Å². The van der Waals surface area contributed by atoms with Crippen LogP contribution in [0.4, 0.5) is 10.1 Å². The fraction of sp³-hybridized carbons (Fsp3) is 0.0625. The summed E-state index contributed by atoms with van der Waals surface area (Å²) in [5.41, 5.74) is 2.33. The van der Waals surface area contributed by atoms with Crippen LogP contribution in [0.5, 0.6) is 0 Å². The molecule has 20 heavy (non-hydrogen) atoms.